The van der Waals surface area contributed by atoms with Crippen molar-refractivity contribution in [3.05, 3.63) is 28.1 Å². The number of amides is 1. The minimum atomic E-state index is -0.619. The monoisotopic (exact) mass is 323 g/mol. The molecule has 7 nitrogen and oxygen atoms in total. The second-order valence-electron chi connectivity index (χ2n) is 5.36. The summed E-state index contributed by atoms with van der Waals surface area (Å²) in [4.78, 5) is 26.6. The molecule has 1 aliphatic heterocycles. The van der Waals surface area contributed by atoms with Crippen LogP contribution in [0.2, 0.25) is 0 Å². The third-order valence-electron chi connectivity index (χ3n) is 3.40. The standard InChI is InChI=1S/C14H17N3O4S/c1-9-6-16(7-10(2)20-9)12(18)8-17-14(19)21-13(15-17)11-4-3-5-22-11/h3-5,9-10H,6-8H2,1-2H3. The van der Waals surface area contributed by atoms with Crippen LogP contribution in [0.15, 0.2) is 26.7 Å². The fourth-order valence-electron chi connectivity index (χ4n) is 2.52. The number of thiophene rings is 1. The molecule has 0 bridgehead atoms. The van der Waals surface area contributed by atoms with Gasteiger partial charge in [-0.3, -0.25) is 4.79 Å². The Morgan fingerprint density at radius 1 is 1.41 bits per heavy atom. The van der Waals surface area contributed by atoms with E-state index in [1.807, 2.05) is 31.4 Å². The van der Waals surface area contributed by atoms with Gasteiger partial charge in [-0.05, 0) is 25.3 Å². The summed E-state index contributed by atoms with van der Waals surface area (Å²) in [6.45, 7) is 4.77. The first-order valence-corrected chi connectivity index (χ1v) is 7.96. The molecule has 22 heavy (non-hydrogen) atoms. The van der Waals surface area contributed by atoms with Crippen molar-refractivity contribution < 1.29 is 13.9 Å². The smallest absolute Gasteiger partial charge is 0.387 e. The summed E-state index contributed by atoms with van der Waals surface area (Å²) in [6.07, 6.45) is -0.0215. The highest BCUT2D eigenvalue weighted by atomic mass is 32.1. The Morgan fingerprint density at radius 3 is 2.77 bits per heavy atom. The first kappa shape index (κ1) is 15.0. The summed E-state index contributed by atoms with van der Waals surface area (Å²) < 4.78 is 11.8. The maximum Gasteiger partial charge on any atom is 0.437 e. The second-order valence-corrected chi connectivity index (χ2v) is 6.31. The normalized spacial score (nSPS) is 22.0. The van der Waals surface area contributed by atoms with E-state index in [1.165, 1.54) is 11.3 Å². The Balaban J connectivity index is 1.73. The number of nitrogens with zero attached hydrogens (tertiary/aromatic N) is 3. The van der Waals surface area contributed by atoms with E-state index in [0.29, 0.717) is 13.1 Å². The quantitative estimate of drug-likeness (QED) is 0.848. The average molecular weight is 323 g/mol. The fourth-order valence-corrected chi connectivity index (χ4v) is 3.16. The van der Waals surface area contributed by atoms with Gasteiger partial charge in [0.05, 0.1) is 17.1 Å². The van der Waals surface area contributed by atoms with Crippen LogP contribution in [-0.2, 0) is 16.1 Å². The van der Waals surface area contributed by atoms with E-state index in [4.69, 9.17) is 9.15 Å². The van der Waals surface area contributed by atoms with Crippen LogP contribution in [0, 0.1) is 0 Å². The van der Waals surface area contributed by atoms with E-state index in [1.54, 1.807) is 4.90 Å². The van der Waals surface area contributed by atoms with E-state index in [2.05, 4.69) is 5.10 Å². The van der Waals surface area contributed by atoms with Crippen LogP contribution >= 0.6 is 11.3 Å². The Labute approximate surface area is 131 Å². The molecule has 8 heteroatoms. The zero-order valence-corrected chi connectivity index (χ0v) is 13.2. The zero-order chi connectivity index (χ0) is 15.7. The molecule has 0 saturated carbocycles. The molecule has 1 amide bonds. The summed E-state index contributed by atoms with van der Waals surface area (Å²) in [5.41, 5.74) is 0. The van der Waals surface area contributed by atoms with Crippen LogP contribution in [0.1, 0.15) is 13.8 Å². The first-order valence-electron chi connectivity index (χ1n) is 7.08. The molecular weight excluding hydrogens is 306 g/mol. The number of hydrogen-bond donors (Lipinski definition) is 0. The summed E-state index contributed by atoms with van der Waals surface area (Å²) in [5, 5.41) is 5.97. The lowest BCUT2D eigenvalue weighted by molar-refractivity contribution is -0.144. The zero-order valence-electron chi connectivity index (χ0n) is 12.4. The largest absolute Gasteiger partial charge is 0.437 e. The number of morpholine rings is 1. The van der Waals surface area contributed by atoms with Gasteiger partial charge in [0, 0.05) is 13.1 Å². The molecule has 1 fully saturated rings. The molecule has 3 heterocycles. The Kier molecular flexibility index (Phi) is 4.12. The molecular formula is C14H17N3O4S. The van der Waals surface area contributed by atoms with Crippen molar-refractivity contribution in [1.29, 1.82) is 0 Å². The molecule has 0 radical (unpaired) electrons. The van der Waals surface area contributed by atoms with E-state index in [0.717, 1.165) is 9.56 Å². The molecule has 0 N–H and O–H groups in total. The molecule has 2 aromatic heterocycles. The first-order chi connectivity index (χ1) is 10.5. The SMILES string of the molecule is CC1CN(C(=O)Cn2nc(-c3cccs3)oc2=O)CC(C)O1. The highest BCUT2D eigenvalue weighted by Crippen LogP contribution is 2.21. The Morgan fingerprint density at radius 2 is 2.14 bits per heavy atom. The van der Waals surface area contributed by atoms with Crippen molar-refractivity contribution in [3.8, 4) is 10.8 Å². The van der Waals surface area contributed by atoms with Gasteiger partial charge in [-0.15, -0.1) is 16.4 Å². The molecule has 2 aromatic rings. The van der Waals surface area contributed by atoms with Crippen LogP contribution in [0.25, 0.3) is 10.8 Å². The minimum Gasteiger partial charge on any atom is -0.387 e. The number of carbonyl (C=O) groups is 1. The predicted octanol–water partition coefficient (Wildman–Crippen LogP) is 1.20. The van der Waals surface area contributed by atoms with Gasteiger partial charge in [0.1, 0.15) is 6.54 Å². The number of ether oxygens (including phenoxy) is 1. The van der Waals surface area contributed by atoms with Crippen molar-refractivity contribution in [2.24, 2.45) is 0 Å². The molecule has 0 aromatic carbocycles. The lowest BCUT2D eigenvalue weighted by atomic mass is 10.2. The van der Waals surface area contributed by atoms with E-state index in [-0.39, 0.29) is 30.6 Å². The van der Waals surface area contributed by atoms with Gasteiger partial charge < -0.3 is 14.1 Å². The van der Waals surface area contributed by atoms with Gasteiger partial charge in [-0.2, -0.15) is 4.68 Å². The van der Waals surface area contributed by atoms with Gasteiger partial charge in [0.25, 0.3) is 5.89 Å². The highest BCUT2D eigenvalue weighted by Gasteiger charge is 2.26. The molecule has 0 aliphatic carbocycles. The van der Waals surface area contributed by atoms with Gasteiger partial charge >= 0.3 is 5.76 Å². The Hall–Kier alpha value is -1.93. The second kappa shape index (κ2) is 6.05. The molecule has 0 spiro atoms. The summed E-state index contributed by atoms with van der Waals surface area (Å²) in [5.74, 6) is -0.530. The van der Waals surface area contributed by atoms with E-state index in [9.17, 15) is 9.59 Å². The molecule has 3 rings (SSSR count). The van der Waals surface area contributed by atoms with Crippen LogP contribution in [-0.4, -0.2) is 45.9 Å². The number of aromatic nitrogens is 2. The van der Waals surface area contributed by atoms with E-state index < -0.39 is 5.76 Å². The number of hydrogen-bond acceptors (Lipinski definition) is 6. The van der Waals surface area contributed by atoms with Crippen LogP contribution in [0.3, 0.4) is 0 Å². The maximum atomic E-state index is 12.3. The van der Waals surface area contributed by atoms with Crippen LogP contribution in [0.5, 0.6) is 0 Å². The lowest BCUT2D eigenvalue weighted by Gasteiger charge is -2.35. The van der Waals surface area contributed by atoms with Crippen molar-refractivity contribution in [1.82, 2.24) is 14.7 Å². The van der Waals surface area contributed by atoms with Gasteiger partial charge in [-0.1, -0.05) is 6.07 Å². The Bertz CT molecular complexity index is 696. The van der Waals surface area contributed by atoms with Crippen molar-refractivity contribution in [2.45, 2.75) is 32.6 Å². The van der Waals surface area contributed by atoms with Gasteiger partial charge in [0.15, 0.2) is 0 Å². The maximum absolute atomic E-state index is 12.3. The third-order valence-corrected chi connectivity index (χ3v) is 4.25. The molecule has 1 aliphatic rings. The topological polar surface area (TPSA) is 77.6 Å². The lowest BCUT2D eigenvalue weighted by Crippen LogP contribution is -2.49. The van der Waals surface area contributed by atoms with Gasteiger partial charge in [0.2, 0.25) is 5.91 Å². The highest BCUT2D eigenvalue weighted by molar-refractivity contribution is 7.13. The molecule has 118 valence electrons. The third kappa shape index (κ3) is 3.12. The molecule has 2 atom stereocenters. The van der Waals surface area contributed by atoms with Crippen molar-refractivity contribution in [2.75, 3.05) is 13.1 Å². The van der Waals surface area contributed by atoms with Crippen molar-refractivity contribution >= 4 is 17.2 Å². The summed E-state index contributed by atoms with van der Waals surface area (Å²) in [7, 11) is 0. The summed E-state index contributed by atoms with van der Waals surface area (Å²) >= 11 is 1.43. The van der Waals surface area contributed by atoms with Crippen molar-refractivity contribution in [3.63, 3.8) is 0 Å². The van der Waals surface area contributed by atoms with E-state index >= 15 is 0 Å². The average Bonchev–Trinajstić information content (AvgIpc) is 3.08. The molecule has 2 unspecified atom stereocenters. The minimum absolute atomic E-state index is 0.0107. The number of carbonyl (C=O) groups excluding carboxylic acids is 1. The predicted molar refractivity (Wildman–Crippen MR) is 80.7 cm³/mol. The molecule has 1 saturated heterocycles. The van der Waals surface area contributed by atoms with Crippen LogP contribution < -0.4 is 5.76 Å². The fraction of sp³-hybridized carbons (Fsp3) is 0.500. The van der Waals surface area contributed by atoms with Crippen LogP contribution in [0.4, 0.5) is 0 Å². The van der Waals surface area contributed by atoms with Gasteiger partial charge in [-0.25, -0.2) is 4.79 Å². The summed E-state index contributed by atoms with van der Waals surface area (Å²) in [6, 6.07) is 3.66. The number of rotatable bonds is 3.